The molecule has 3 aromatic heterocycles. The van der Waals surface area contributed by atoms with Gasteiger partial charge in [-0.25, -0.2) is 9.50 Å². The summed E-state index contributed by atoms with van der Waals surface area (Å²) in [5, 5.41) is 10.4. The molecule has 1 fully saturated rings. The monoisotopic (exact) mass is 316 g/mol. The van der Waals surface area contributed by atoms with Crippen molar-refractivity contribution in [2.24, 2.45) is 0 Å². The highest BCUT2D eigenvalue weighted by atomic mass is 32.1. The number of fused-ring (bicyclic) bond motifs is 1. The zero-order valence-corrected chi connectivity index (χ0v) is 14.0. The molecule has 0 N–H and O–H groups in total. The van der Waals surface area contributed by atoms with Crippen LogP contribution in [0.25, 0.3) is 4.96 Å². The molecule has 0 spiro atoms. The number of hydrogen-bond donors (Lipinski definition) is 0. The minimum atomic E-state index is 0.468. The molecule has 1 aliphatic heterocycles. The van der Waals surface area contributed by atoms with Gasteiger partial charge in [0.2, 0.25) is 10.1 Å². The van der Waals surface area contributed by atoms with Crippen molar-refractivity contribution >= 4 is 21.4 Å². The van der Waals surface area contributed by atoms with E-state index in [1.165, 1.54) is 18.5 Å². The highest BCUT2D eigenvalue weighted by molar-refractivity contribution is 7.20. The van der Waals surface area contributed by atoms with E-state index in [4.69, 9.17) is 5.10 Å². The van der Waals surface area contributed by atoms with Crippen LogP contribution in [0.1, 0.15) is 29.9 Å². The molecule has 4 rings (SSSR count). The van der Waals surface area contributed by atoms with Gasteiger partial charge in [-0.2, -0.15) is 5.10 Å². The van der Waals surface area contributed by atoms with Crippen LogP contribution in [0, 0.1) is 20.8 Å². The molecule has 0 bridgehead atoms. The Hall–Kier alpha value is -1.89. The number of rotatable bonds is 3. The van der Waals surface area contributed by atoms with Crippen LogP contribution in [0.15, 0.2) is 12.3 Å². The molecule has 1 unspecified atom stereocenters. The third-order valence-electron chi connectivity index (χ3n) is 4.26. The molecule has 0 amide bonds. The first-order chi connectivity index (χ1) is 10.6. The Morgan fingerprint density at radius 3 is 2.82 bits per heavy atom. The minimum absolute atomic E-state index is 0.468. The van der Waals surface area contributed by atoms with Gasteiger partial charge in [-0.3, -0.25) is 4.68 Å². The Labute approximate surface area is 133 Å². The van der Waals surface area contributed by atoms with Crippen molar-refractivity contribution < 1.29 is 0 Å². The Balaban J connectivity index is 1.59. The van der Waals surface area contributed by atoms with Crippen LogP contribution in [0.4, 0.5) is 5.13 Å². The predicted octanol–water partition coefficient (Wildman–Crippen LogP) is 2.58. The van der Waals surface area contributed by atoms with E-state index in [0.29, 0.717) is 6.04 Å². The number of imidazole rings is 1. The maximum absolute atomic E-state index is 4.70. The van der Waals surface area contributed by atoms with Crippen LogP contribution in [-0.4, -0.2) is 37.0 Å². The normalized spacial score (nSPS) is 18.7. The molecule has 1 saturated heterocycles. The summed E-state index contributed by atoms with van der Waals surface area (Å²) >= 11 is 1.68. The second kappa shape index (κ2) is 5.08. The highest BCUT2D eigenvalue weighted by Gasteiger charge is 2.28. The van der Waals surface area contributed by atoms with Gasteiger partial charge in [0.25, 0.3) is 0 Å². The third kappa shape index (κ3) is 2.29. The van der Waals surface area contributed by atoms with Gasteiger partial charge in [0, 0.05) is 12.2 Å². The lowest BCUT2D eigenvalue weighted by molar-refractivity contribution is 0.497. The van der Waals surface area contributed by atoms with E-state index in [2.05, 4.69) is 32.7 Å². The van der Waals surface area contributed by atoms with Crippen LogP contribution in [0.2, 0.25) is 0 Å². The molecule has 7 heteroatoms. The lowest BCUT2D eigenvalue weighted by atomic mass is 10.2. The zero-order chi connectivity index (χ0) is 15.3. The average molecular weight is 316 g/mol. The molecular weight excluding hydrogens is 296 g/mol. The molecule has 1 aliphatic rings. The Kier molecular flexibility index (Phi) is 3.18. The summed E-state index contributed by atoms with van der Waals surface area (Å²) in [5.41, 5.74) is 3.34. The Bertz CT molecular complexity index is 782. The lowest BCUT2D eigenvalue weighted by Gasteiger charge is -2.24. The van der Waals surface area contributed by atoms with E-state index in [1.807, 2.05) is 24.6 Å². The summed E-state index contributed by atoms with van der Waals surface area (Å²) in [6.07, 6.45) is 4.39. The van der Waals surface area contributed by atoms with Gasteiger partial charge in [0.15, 0.2) is 0 Å². The topological polar surface area (TPSA) is 51.2 Å². The second-order valence-corrected chi connectivity index (χ2v) is 7.03. The molecular formula is C15H20N6S. The van der Waals surface area contributed by atoms with Crippen molar-refractivity contribution in [1.82, 2.24) is 24.4 Å². The number of anilines is 1. The fourth-order valence-corrected chi connectivity index (χ4v) is 4.28. The fourth-order valence-electron chi connectivity index (χ4n) is 3.25. The van der Waals surface area contributed by atoms with Crippen molar-refractivity contribution in [1.29, 1.82) is 0 Å². The molecule has 6 nitrogen and oxygen atoms in total. The van der Waals surface area contributed by atoms with E-state index >= 15 is 0 Å². The van der Waals surface area contributed by atoms with Crippen molar-refractivity contribution in [2.75, 3.05) is 11.4 Å². The van der Waals surface area contributed by atoms with Gasteiger partial charge in [-0.15, -0.1) is 5.10 Å². The van der Waals surface area contributed by atoms with Gasteiger partial charge >= 0.3 is 0 Å². The lowest BCUT2D eigenvalue weighted by Crippen LogP contribution is -2.33. The smallest absolute Gasteiger partial charge is 0.214 e. The molecule has 116 valence electrons. The van der Waals surface area contributed by atoms with E-state index in [1.54, 1.807) is 11.3 Å². The van der Waals surface area contributed by atoms with Gasteiger partial charge in [0.05, 0.1) is 30.2 Å². The number of hydrogen-bond acceptors (Lipinski definition) is 5. The highest BCUT2D eigenvalue weighted by Crippen LogP contribution is 2.30. The van der Waals surface area contributed by atoms with E-state index < -0.39 is 0 Å². The number of aryl methyl sites for hydroxylation is 3. The van der Waals surface area contributed by atoms with Crippen molar-refractivity contribution in [3.63, 3.8) is 0 Å². The largest absolute Gasteiger partial charge is 0.342 e. The number of aromatic nitrogens is 5. The van der Waals surface area contributed by atoms with Crippen LogP contribution in [-0.2, 0) is 6.54 Å². The third-order valence-corrected chi connectivity index (χ3v) is 5.22. The van der Waals surface area contributed by atoms with Crippen LogP contribution in [0.5, 0.6) is 0 Å². The molecule has 0 aliphatic carbocycles. The molecule has 0 aromatic carbocycles. The van der Waals surface area contributed by atoms with Gasteiger partial charge in [-0.1, -0.05) is 11.3 Å². The first-order valence-corrected chi connectivity index (χ1v) is 8.52. The van der Waals surface area contributed by atoms with Gasteiger partial charge in [-0.05, 0) is 39.7 Å². The SMILES string of the molecule is Cc1cn2nc(N3CCCC3Cn3nc(C)cc3C)sc2n1. The quantitative estimate of drug-likeness (QED) is 0.745. The second-order valence-electron chi connectivity index (χ2n) is 6.09. The standard InChI is InChI=1S/C15H20N6S/c1-10-7-12(3)20(17-10)9-13-5-4-6-19(13)15-18-21-8-11(2)16-14(21)22-15/h7-8,13H,4-6,9H2,1-3H3. The molecule has 22 heavy (non-hydrogen) atoms. The summed E-state index contributed by atoms with van der Waals surface area (Å²) in [6, 6.07) is 2.61. The van der Waals surface area contributed by atoms with E-state index in [-0.39, 0.29) is 0 Å². The Morgan fingerprint density at radius 2 is 2.09 bits per heavy atom. The first kappa shape index (κ1) is 13.8. The van der Waals surface area contributed by atoms with Crippen molar-refractivity contribution in [2.45, 2.75) is 46.2 Å². The summed E-state index contributed by atoms with van der Waals surface area (Å²) in [5.74, 6) is 0. The average Bonchev–Trinajstić information content (AvgIpc) is 3.15. The van der Waals surface area contributed by atoms with E-state index in [9.17, 15) is 0 Å². The molecule has 4 heterocycles. The first-order valence-electron chi connectivity index (χ1n) is 7.70. The summed E-state index contributed by atoms with van der Waals surface area (Å²) in [6.45, 7) is 8.18. The maximum atomic E-state index is 4.70. The fraction of sp³-hybridized carbons (Fsp3) is 0.533. The van der Waals surface area contributed by atoms with Crippen LogP contribution in [0.3, 0.4) is 0 Å². The van der Waals surface area contributed by atoms with Crippen molar-refractivity contribution in [3.05, 3.63) is 29.3 Å². The summed E-state index contributed by atoms with van der Waals surface area (Å²) in [4.78, 5) is 7.90. The van der Waals surface area contributed by atoms with Crippen LogP contribution < -0.4 is 4.90 Å². The maximum Gasteiger partial charge on any atom is 0.214 e. The summed E-state index contributed by atoms with van der Waals surface area (Å²) in [7, 11) is 0. The molecule has 0 radical (unpaired) electrons. The van der Waals surface area contributed by atoms with Crippen LogP contribution >= 0.6 is 11.3 Å². The van der Waals surface area contributed by atoms with E-state index in [0.717, 1.165) is 34.6 Å². The Morgan fingerprint density at radius 1 is 1.23 bits per heavy atom. The zero-order valence-electron chi connectivity index (χ0n) is 13.2. The minimum Gasteiger partial charge on any atom is -0.342 e. The molecule has 0 saturated carbocycles. The predicted molar refractivity (Wildman–Crippen MR) is 87.7 cm³/mol. The molecule has 3 aromatic rings. The molecule has 1 atom stereocenters. The number of nitrogens with zero attached hydrogens (tertiary/aromatic N) is 6. The van der Waals surface area contributed by atoms with Crippen molar-refractivity contribution in [3.8, 4) is 0 Å². The van der Waals surface area contributed by atoms with Gasteiger partial charge in [0.1, 0.15) is 0 Å². The summed E-state index contributed by atoms with van der Waals surface area (Å²) < 4.78 is 4.02. The van der Waals surface area contributed by atoms with Gasteiger partial charge < -0.3 is 4.90 Å².